The molecule has 0 spiro atoms. The SMILES string of the molecule is CC(C)c1nccn1CC(=O)N[C@H](c1ccc2c(c1)OCCCO2)C(C)C. The molecular formula is C21H29N3O3. The molecule has 1 amide bonds. The fraction of sp³-hybridized carbons (Fsp3) is 0.524. The Kier molecular flexibility index (Phi) is 6.04. The summed E-state index contributed by atoms with van der Waals surface area (Å²) < 4.78 is 13.4. The van der Waals surface area contributed by atoms with Gasteiger partial charge in [0, 0.05) is 24.7 Å². The fourth-order valence-corrected chi connectivity index (χ4v) is 3.34. The van der Waals surface area contributed by atoms with Crippen molar-refractivity contribution in [3.63, 3.8) is 0 Å². The van der Waals surface area contributed by atoms with Gasteiger partial charge in [0.05, 0.1) is 19.3 Å². The molecule has 1 N–H and O–H groups in total. The molecule has 2 aromatic rings. The van der Waals surface area contributed by atoms with Crippen LogP contribution in [0.3, 0.4) is 0 Å². The summed E-state index contributed by atoms with van der Waals surface area (Å²) in [7, 11) is 0. The van der Waals surface area contributed by atoms with E-state index in [2.05, 4.69) is 38.0 Å². The second-order valence-corrected chi connectivity index (χ2v) is 7.61. The molecular weight excluding hydrogens is 342 g/mol. The maximum atomic E-state index is 12.7. The number of hydrogen-bond donors (Lipinski definition) is 1. The van der Waals surface area contributed by atoms with E-state index in [9.17, 15) is 4.79 Å². The summed E-state index contributed by atoms with van der Waals surface area (Å²) in [5.41, 5.74) is 1.03. The predicted molar refractivity (Wildman–Crippen MR) is 104 cm³/mol. The molecule has 0 saturated heterocycles. The van der Waals surface area contributed by atoms with Gasteiger partial charge in [0.2, 0.25) is 5.91 Å². The number of carbonyl (C=O) groups excluding carboxylic acids is 1. The first-order valence-corrected chi connectivity index (χ1v) is 9.65. The summed E-state index contributed by atoms with van der Waals surface area (Å²) in [5.74, 6) is 2.93. The number of rotatable bonds is 6. The minimum Gasteiger partial charge on any atom is -0.490 e. The molecule has 0 bridgehead atoms. The number of fused-ring (bicyclic) bond motifs is 1. The van der Waals surface area contributed by atoms with Gasteiger partial charge in [-0.05, 0) is 23.6 Å². The maximum Gasteiger partial charge on any atom is 0.240 e. The normalized spacial score (nSPS) is 14.9. The number of nitrogens with zero attached hydrogens (tertiary/aromatic N) is 2. The molecule has 6 nitrogen and oxygen atoms in total. The molecule has 2 heterocycles. The standard InChI is InChI=1S/C21H29N3O3/c1-14(2)20(16-6-7-17-18(12-16)27-11-5-10-26-17)23-19(25)13-24-9-8-22-21(24)15(3)4/h6-9,12,14-15,20H,5,10-11,13H2,1-4H3,(H,23,25)/t20-/m0/s1. The van der Waals surface area contributed by atoms with E-state index in [-0.39, 0.29) is 30.3 Å². The number of aromatic nitrogens is 2. The summed E-state index contributed by atoms with van der Waals surface area (Å²) >= 11 is 0. The Morgan fingerprint density at radius 3 is 2.63 bits per heavy atom. The molecule has 0 fully saturated rings. The second-order valence-electron chi connectivity index (χ2n) is 7.61. The van der Waals surface area contributed by atoms with Crippen LogP contribution in [-0.4, -0.2) is 28.7 Å². The Labute approximate surface area is 160 Å². The van der Waals surface area contributed by atoms with Crippen LogP contribution in [0.1, 0.15) is 57.5 Å². The Morgan fingerprint density at radius 1 is 1.19 bits per heavy atom. The third-order valence-corrected chi connectivity index (χ3v) is 4.69. The average Bonchev–Trinajstić information content (AvgIpc) is 2.95. The van der Waals surface area contributed by atoms with Crippen LogP contribution in [0.4, 0.5) is 0 Å². The molecule has 0 unspecified atom stereocenters. The first kappa shape index (κ1) is 19.3. The molecule has 0 radical (unpaired) electrons. The van der Waals surface area contributed by atoms with Crippen molar-refractivity contribution in [2.45, 2.75) is 52.6 Å². The van der Waals surface area contributed by atoms with Crippen LogP contribution in [0.15, 0.2) is 30.6 Å². The van der Waals surface area contributed by atoms with Crippen molar-refractivity contribution < 1.29 is 14.3 Å². The first-order chi connectivity index (χ1) is 13.0. The van der Waals surface area contributed by atoms with Crippen LogP contribution in [0.2, 0.25) is 0 Å². The van der Waals surface area contributed by atoms with E-state index in [0.29, 0.717) is 13.2 Å². The van der Waals surface area contributed by atoms with E-state index in [1.807, 2.05) is 29.0 Å². The highest BCUT2D eigenvalue weighted by Gasteiger charge is 2.22. The number of hydrogen-bond acceptors (Lipinski definition) is 4. The van der Waals surface area contributed by atoms with Crippen molar-refractivity contribution >= 4 is 5.91 Å². The number of carbonyl (C=O) groups is 1. The largest absolute Gasteiger partial charge is 0.490 e. The molecule has 1 aliphatic heterocycles. The van der Waals surface area contributed by atoms with Crippen molar-refractivity contribution in [1.82, 2.24) is 14.9 Å². The van der Waals surface area contributed by atoms with Crippen molar-refractivity contribution in [1.29, 1.82) is 0 Å². The van der Waals surface area contributed by atoms with Crippen LogP contribution in [-0.2, 0) is 11.3 Å². The number of amides is 1. The van der Waals surface area contributed by atoms with Gasteiger partial charge in [-0.15, -0.1) is 0 Å². The zero-order chi connectivity index (χ0) is 19.4. The fourth-order valence-electron chi connectivity index (χ4n) is 3.34. The molecule has 0 aliphatic carbocycles. The molecule has 0 saturated carbocycles. The Morgan fingerprint density at radius 2 is 1.93 bits per heavy atom. The van der Waals surface area contributed by atoms with E-state index in [0.717, 1.165) is 29.3 Å². The summed E-state index contributed by atoms with van der Waals surface area (Å²) in [5, 5.41) is 3.18. The zero-order valence-electron chi connectivity index (χ0n) is 16.6. The van der Waals surface area contributed by atoms with E-state index in [4.69, 9.17) is 9.47 Å². The van der Waals surface area contributed by atoms with Crippen molar-refractivity contribution in [3.05, 3.63) is 42.0 Å². The Hall–Kier alpha value is -2.50. The molecule has 1 aromatic heterocycles. The van der Waals surface area contributed by atoms with Crippen LogP contribution >= 0.6 is 0 Å². The lowest BCUT2D eigenvalue weighted by atomic mass is 9.95. The van der Waals surface area contributed by atoms with Crippen LogP contribution < -0.4 is 14.8 Å². The van der Waals surface area contributed by atoms with Gasteiger partial charge in [-0.25, -0.2) is 4.98 Å². The molecule has 27 heavy (non-hydrogen) atoms. The minimum absolute atomic E-state index is 0.0271. The van der Waals surface area contributed by atoms with Gasteiger partial charge in [0.25, 0.3) is 0 Å². The van der Waals surface area contributed by atoms with Gasteiger partial charge in [0.15, 0.2) is 11.5 Å². The van der Waals surface area contributed by atoms with Gasteiger partial charge in [-0.1, -0.05) is 33.8 Å². The summed E-state index contributed by atoms with van der Waals surface area (Å²) in [6.07, 6.45) is 4.47. The lowest BCUT2D eigenvalue weighted by Gasteiger charge is -2.24. The molecule has 1 atom stereocenters. The van der Waals surface area contributed by atoms with Crippen molar-refractivity contribution in [2.75, 3.05) is 13.2 Å². The van der Waals surface area contributed by atoms with Crippen molar-refractivity contribution in [3.8, 4) is 11.5 Å². The number of benzene rings is 1. The third-order valence-electron chi connectivity index (χ3n) is 4.69. The number of nitrogens with one attached hydrogen (secondary N) is 1. The van der Waals surface area contributed by atoms with Gasteiger partial charge in [-0.2, -0.15) is 0 Å². The second kappa shape index (κ2) is 8.46. The Balaban J connectivity index is 1.75. The average molecular weight is 371 g/mol. The van der Waals surface area contributed by atoms with Gasteiger partial charge in [-0.3, -0.25) is 4.79 Å². The predicted octanol–water partition coefficient (Wildman–Crippen LogP) is 3.68. The molecule has 3 rings (SSSR count). The molecule has 1 aliphatic rings. The monoisotopic (exact) mass is 371 g/mol. The lowest BCUT2D eigenvalue weighted by molar-refractivity contribution is -0.122. The number of imidazole rings is 1. The summed E-state index contributed by atoms with van der Waals surface area (Å²) in [6.45, 7) is 9.93. The van der Waals surface area contributed by atoms with Crippen molar-refractivity contribution in [2.24, 2.45) is 5.92 Å². The van der Waals surface area contributed by atoms with Gasteiger partial charge < -0.3 is 19.4 Å². The minimum atomic E-state index is -0.0966. The van der Waals surface area contributed by atoms with E-state index in [1.54, 1.807) is 6.20 Å². The molecule has 146 valence electrons. The lowest BCUT2D eigenvalue weighted by Crippen LogP contribution is -2.34. The third kappa shape index (κ3) is 4.62. The van der Waals surface area contributed by atoms with Crippen LogP contribution in [0.25, 0.3) is 0 Å². The summed E-state index contributed by atoms with van der Waals surface area (Å²) in [6, 6.07) is 5.84. The Bertz CT molecular complexity index is 783. The van der Waals surface area contributed by atoms with E-state index in [1.165, 1.54) is 0 Å². The number of ether oxygens (including phenoxy) is 2. The van der Waals surface area contributed by atoms with Crippen LogP contribution in [0, 0.1) is 5.92 Å². The first-order valence-electron chi connectivity index (χ1n) is 9.65. The van der Waals surface area contributed by atoms with Crippen LogP contribution in [0.5, 0.6) is 11.5 Å². The highest BCUT2D eigenvalue weighted by Crippen LogP contribution is 2.34. The molecule has 6 heteroatoms. The maximum absolute atomic E-state index is 12.7. The quantitative estimate of drug-likeness (QED) is 0.841. The van der Waals surface area contributed by atoms with Gasteiger partial charge >= 0.3 is 0 Å². The summed E-state index contributed by atoms with van der Waals surface area (Å²) in [4.78, 5) is 17.1. The van der Waals surface area contributed by atoms with E-state index >= 15 is 0 Å². The topological polar surface area (TPSA) is 65.4 Å². The van der Waals surface area contributed by atoms with Gasteiger partial charge in [0.1, 0.15) is 12.4 Å². The molecule has 1 aromatic carbocycles. The highest BCUT2D eigenvalue weighted by atomic mass is 16.5. The highest BCUT2D eigenvalue weighted by molar-refractivity contribution is 5.76. The van der Waals surface area contributed by atoms with E-state index < -0.39 is 0 Å². The zero-order valence-corrected chi connectivity index (χ0v) is 16.6. The smallest absolute Gasteiger partial charge is 0.240 e.